The van der Waals surface area contributed by atoms with Gasteiger partial charge in [-0.25, -0.2) is 9.18 Å². The van der Waals surface area contributed by atoms with Gasteiger partial charge in [-0.15, -0.1) is 0 Å². The fourth-order valence-electron chi connectivity index (χ4n) is 4.69. The summed E-state index contributed by atoms with van der Waals surface area (Å²) in [7, 11) is 1.33. The summed E-state index contributed by atoms with van der Waals surface area (Å²) in [6.07, 6.45) is 2.94. The molecule has 204 valence electrons. The minimum absolute atomic E-state index is 0.322. The van der Waals surface area contributed by atoms with Crippen molar-refractivity contribution in [1.29, 1.82) is 0 Å². The molecule has 0 saturated carbocycles. The van der Waals surface area contributed by atoms with Crippen LogP contribution < -0.4 is 10.2 Å². The van der Waals surface area contributed by atoms with Gasteiger partial charge in [0.05, 0.1) is 24.0 Å². The van der Waals surface area contributed by atoms with E-state index in [2.05, 4.69) is 27.2 Å². The van der Waals surface area contributed by atoms with Gasteiger partial charge in [0, 0.05) is 44.4 Å². The zero-order chi connectivity index (χ0) is 27.9. The first kappa shape index (κ1) is 26.9. The SMILES string of the molecule is COC(=O)c1ccc(N2CCN(Cc3ccccc3)CC2)c(NC(=O)/C=C/c2ccc(-c3ccc(F)cc3)o2)c1. The monoisotopic (exact) mass is 539 g/mol. The molecule has 8 heteroatoms. The van der Waals surface area contributed by atoms with E-state index in [0.29, 0.717) is 22.8 Å². The predicted molar refractivity (Wildman–Crippen MR) is 153 cm³/mol. The van der Waals surface area contributed by atoms with Crippen LogP contribution in [0.15, 0.2) is 95.4 Å². The first-order chi connectivity index (χ1) is 19.5. The second-order valence-corrected chi connectivity index (χ2v) is 9.50. The van der Waals surface area contributed by atoms with Crippen LogP contribution in [0.5, 0.6) is 0 Å². The van der Waals surface area contributed by atoms with Gasteiger partial charge >= 0.3 is 5.97 Å². The van der Waals surface area contributed by atoms with E-state index in [4.69, 9.17) is 9.15 Å². The molecule has 0 radical (unpaired) electrons. The van der Waals surface area contributed by atoms with E-state index < -0.39 is 5.97 Å². The summed E-state index contributed by atoms with van der Waals surface area (Å²) in [5, 5.41) is 2.92. The van der Waals surface area contributed by atoms with Crippen LogP contribution >= 0.6 is 0 Å². The molecule has 4 aromatic rings. The van der Waals surface area contributed by atoms with Crippen molar-refractivity contribution in [3.8, 4) is 11.3 Å². The Hall–Kier alpha value is -4.69. The number of hydrogen-bond acceptors (Lipinski definition) is 6. The third-order valence-electron chi connectivity index (χ3n) is 6.79. The Labute approximate surface area is 232 Å². The summed E-state index contributed by atoms with van der Waals surface area (Å²) in [6.45, 7) is 4.19. The van der Waals surface area contributed by atoms with E-state index in [9.17, 15) is 14.0 Å². The maximum absolute atomic E-state index is 13.2. The Morgan fingerprint density at radius 2 is 1.70 bits per heavy atom. The van der Waals surface area contributed by atoms with Crippen molar-refractivity contribution >= 4 is 29.3 Å². The number of amides is 1. The normalized spacial score (nSPS) is 13.9. The number of ether oxygens (including phenoxy) is 1. The molecule has 1 amide bonds. The number of nitrogens with one attached hydrogen (secondary N) is 1. The lowest BCUT2D eigenvalue weighted by atomic mass is 10.1. The van der Waals surface area contributed by atoms with Crippen molar-refractivity contribution < 1.29 is 23.1 Å². The lowest BCUT2D eigenvalue weighted by molar-refractivity contribution is -0.111. The van der Waals surface area contributed by atoms with E-state index in [1.54, 1.807) is 42.5 Å². The number of piperazine rings is 1. The standard InChI is InChI=1S/C32H30FN3O4/c1-39-32(38)25-9-14-29(36-19-17-35(18-20-36)22-23-5-3-2-4-6-23)28(21-25)34-31(37)16-13-27-12-15-30(40-27)24-7-10-26(33)11-8-24/h2-16,21H,17-20,22H2,1H3,(H,34,37)/b16-13+. The minimum atomic E-state index is -0.478. The molecule has 1 aliphatic rings. The summed E-state index contributed by atoms with van der Waals surface area (Å²) >= 11 is 0. The summed E-state index contributed by atoms with van der Waals surface area (Å²) < 4.78 is 23.9. The van der Waals surface area contributed by atoms with E-state index in [1.165, 1.54) is 30.9 Å². The maximum atomic E-state index is 13.2. The largest absolute Gasteiger partial charge is 0.465 e. The first-order valence-electron chi connectivity index (χ1n) is 13.1. The molecule has 3 aromatic carbocycles. The highest BCUT2D eigenvalue weighted by atomic mass is 19.1. The van der Waals surface area contributed by atoms with Crippen LogP contribution in [0, 0.1) is 5.82 Å². The molecule has 0 aliphatic carbocycles. The first-order valence-corrected chi connectivity index (χ1v) is 13.1. The molecule has 0 atom stereocenters. The Bertz CT molecular complexity index is 1490. The minimum Gasteiger partial charge on any atom is -0.465 e. The quantitative estimate of drug-likeness (QED) is 0.224. The molecule has 40 heavy (non-hydrogen) atoms. The molecule has 1 saturated heterocycles. The summed E-state index contributed by atoms with van der Waals surface area (Å²) in [4.78, 5) is 29.7. The van der Waals surface area contributed by atoms with Gasteiger partial charge in [0.15, 0.2) is 0 Å². The molecule has 1 fully saturated rings. The van der Waals surface area contributed by atoms with Gasteiger partial charge in [0.1, 0.15) is 17.3 Å². The third-order valence-corrected chi connectivity index (χ3v) is 6.79. The van der Waals surface area contributed by atoms with Crippen molar-refractivity contribution in [3.63, 3.8) is 0 Å². The average molecular weight is 540 g/mol. The van der Waals surface area contributed by atoms with E-state index in [0.717, 1.165) is 44.0 Å². The van der Waals surface area contributed by atoms with Crippen LogP contribution in [0.1, 0.15) is 21.7 Å². The highest BCUT2D eigenvalue weighted by Crippen LogP contribution is 2.29. The molecule has 0 unspecified atom stereocenters. The van der Waals surface area contributed by atoms with Gasteiger partial charge in [0.25, 0.3) is 0 Å². The van der Waals surface area contributed by atoms with Gasteiger partial charge in [-0.1, -0.05) is 30.3 Å². The van der Waals surface area contributed by atoms with Crippen LogP contribution in [-0.4, -0.2) is 50.1 Å². The predicted octanol–water partition coefficient (Wildman–Crippen LogP) is 5.85. The lowest BCUT2D eigenvalue weighted by Crippen LogP contribution is -2.46. The molecule has 2 heterocycles. The van der Waals surface area contributed by atoms with Gasteiger partial charge < -0.3 is 19.4 Å². The topological polar surface area (TPSA) is 75.0 Å². The number of anilines is 2. The molecular formula is C32H30FN3O4. The van der Waals surface area contributed by atoms with Crippen LogP contribution in [-0.2, 0) is 16.1 Å². The molecule has 7 nitrogen and oxygen atoms in total. The fraction of sp³-hybridized carbons (Fsp3) is 0.188. The number of methoxy groups -OCH3 is 1. The zero-order valence-corrected chi connectivity index (χ0v) is 22.2. The molecule has 1 aromatic heterocycles. The summed E-state index contributed by atoms with van der Waals surface area (Å²) in [5.41, 5.74) is 3.73. The van der Waals surface area contributed by atoms with Gasteiger partial charge in [-0.2, -0.15) is 0 Å². The Kier molecular flexibility index (Phi) is 8.37. The molecule has 0 bridgehead atoms. The molecule has 1 N–H and O–H groups in total. The van der Waals surface area contributed by atoms with Crippen LogP contribution in [0.25, 0.3) is 17.4 Å². The van der Waals surface area contributed by atoms with Crippen molar-refractivity contribution in [1.82, 2.24) is 4.90 Å². The number of esters is 1. The van der Waals surface area contributed by atoms with E-state index in [1.807, 2.05) is 24.3 Å². The highest BCUT2D eigenvalue weighted by molar-refractivity contribution is 6.04. The number of benzene rings is 3. The van der Waals surface area contributed by atoms with Crippen molar-refractivity contribution in [2.75, 3.05) is 43.5 Å². The van der Waals surface area contributed by atoms with Crippen LogP contribution in [0.4, 0.5) is 15.8 Å². The Morgan fingerprint density at radius 1 is 0.950 bits per heavy atom. The second kappa shape index (κ2) is 12.4. The fourth-order valence-corrected chi connectivity index (χ4v) is 4.69. The number of nitrogens with zero attached hydrogens (tertiary/aromatic N) is 2. The zero-order valence-electron chi connectivity index (χ0n) is 22.2. The van der Waals surface area contributed by atoms with Gasteiger partial charge in [0.2, 0.25) is 5.91 Å². The smallest absolute Gasteiger partial charge is 0.337 e. The van der Waals surface area contributed by atoms with Crippen molar-refractivity contribution in [2.45, 2.75) is 6.54 Å². The lowest BCUT2D eigenvalue weighted by Gasteiger charge is -2.37. The Morgan fingerprint density at radius 3 is 2.42 bits per heavy atom. The van der Waals surface area contributed by atoms with Crippen LogP contribution in [0.3, 0.4) is 0 Å². The number of carbonyl (C=O) groups is 2. The molecule has 0 spiro atoms. The number of halogens is 1. The van der Waals surface area contributed by atoms with Gasteiger partial charge in [-0.3, -0.25) is 9.69 Å². The third kappa shape index (κ3) is 6.65. The Balaban J connectivity index is 1.27. The van der Waals surface area contributed by atoms with E-state index in [-0.39, 0.29) is 11.7 Å². The highest BCUT2D eigenvalue weighted by Gasteiger charge is 2.21. The van der Waals surface area contributed by atoms with Gasteiger partial charge in [-0.05, 0) is 66.2 Å². The molecular weight excluding hydrogens is 509 g/mol. The molecule has 1 aliphatic heterocycles. The number of furan rings is 1. The summed E-state index contributed by atoms with van der Waals surface area (Å²) in [5.74, 6) is -0.122. The number of carbonyl (C=O) groups excluding carboxylic acids is 2. The van der Waals surface area contributed by atoms with Crippen molar-refractivity contribution in [2.24, 2.45) is 0 Å². The van der Waals surface area contributed by atoms with Crippen molar-refractivity contribution in [3.05, 3.63) is 114 Å². The van der Waals surface area contributed by atoms with Crippen LogP contribution in [0.2, 0.25) is 0 Å². The molecule has 5 rings (SSSR count). The van der Waals surface area contributed by atoms with E-state index >= 15 is 0 Å². The number of hydrogen-bond donors (Lipinski definition) is 1. The average Bonchev–Trinajstić information content (AvgIpc) is 3.46. The summed E-state index contributed by atoms with van der Waals surface area (Å²) in [6, 6.07) is 25.1. The second-order valence-electron chi connectivity index (χ2n) is 9.50. The maximum Gasteiger partial charge on any atom is 0.337 e. The number of rotatable bonds is 8.